The summed E-state index contributed by atoms with van der Waals surface area (Å²) in [6.07, 6.45) is 3.20. The second-order valence-corrected chi connectivity index (χ2v) is 3.34. The number of fused-ring (bicyclic) bond motifs is 3. The van der Waals surface area contributed by atoms with E-state index in [1.54, 1.807) is 18.5 Å². The van der Waals surface area contributed by atoms with Crippen LogP contribution in [0, 0.1) is 11.3 Å². The minimum absolute atomic E-state index is 0.0759. The predicted molar refractivity (Wildman–Crippen MR) is 56.9 cm³/mol. The molecular weight excluding hydrogens is 206 g/mol. The van der Waals surface area contributed by atoms with Gasteiger partial charge in [-0.3, -0.25) is 14.8 Å². The van der Waals surface area contributed by atoms with Crippen LogP contribution in [0.15, 0.2) is 33.7 Å². The van der Waals surface area contributed by atoms with Gasteiger partial charge < -0.3 is 4.42 Å². The summed E-state index contributed by atoms with van der Waals surface area (Å²) in [5, 5.41) is 10.3. The highest BCUT2D eigenvalue weighted by molar-refractivity contribution is 6.03. The van der Waals surface area contributed by atoms with Gasteiger partial charge in [0.25, 0.3) is 5.56 Å². The van der Waals surface area contributed by atoms with Crippen molar-refractivity contribution in [3.63, 3.8) is 0 Å². The molecule has 0 amide bonds. The molecule has 0 unspecified atom stereocenters. The fourth-order valence-corrected chi connectivity index (χ4v) is 1.67. The summed E-state index contributed by atoms with van der Waals surface area (Å²) in [6, 6.07) is 5.15. The molecule has 0 aromatic carbocycles. The van der Waals surface area contributed by atoms with Crippen molar-refractivity contribution in [2.24, 2.45) is 0 Å². The van der Waals surface area contributed by atoms with Crippen LogP contribution in [0.1, 0.15) is 5.56 Å². The van der Waals surface area contributed by atoms with Crippen molar-refractivity contribution in [1.29, 1.82) is 5.26 Å². The highest BCUT2D eigenvalue weighted by Crippen LogP contribution is 2.25. The minimum Gasteiger partial charge on any atom is -0.438 e. The van der Waals surface area contributed by atoms with E-state index in [9.17, 15) is 4.79 Å². The van der Waals surface area contributed by atoms with E-state index in [0.29, 0.717) is 16.7 Å². The number of aromatic amines is 1. The topological polar surface area (TPSA) is 82.7 Å². The lowest BCUT2D eigenvalue weighted by Crippen LogP contribution is -2.08. The average Bonchev–Trinajstić information content (AvgIpc) is 2.65. The van der Waals surface area contributed by atoms with Crippen LogP contribution >= 0.6 is 0 Å². The van der Waals surface area contributed by atoms with Gasteiger partial charge in [0.2, 0.25) is 5.71 Å². The van der Waals surface area contributed by atoms with Gasteiger partial charge in [-0.1, -0.05) is 0 Å². The van der Waals surface area contributed by atoms with Gasteiger partial charge in [-0.2, -0.15) is 5.26 Å². The van der Waals surface area contributed by atoms with Crippen molar-refractivity contribution >= 4 is 22.1 Å². The fraction of sp³-hybridized carbons (Fsp3) is 0. The monoisotopic (exact) mass is 211 g/mol. The van der Waals surface area contributed by atoms with Crippen LogP contribution in [0.3, 0.4) is 0 Å². The maximum atomic E-state index is 11.4. The predicted octanol–water partition coefficient (Wildman–Crippen LogP) is 1.54. The quantitative estimate of drug-likeness (QED) is 0.611. The number of nitrogens with one attached hydrogen (secondary N) is 1. The van der Waals surface area contributed by atoms with E-state index < -0.39 is 5.56 Å². The number of hydrogen-bond acceptors (Lipinski definition) is 4. The molecule has 0 spiro atoms. The number of furan rings is 1. The number of hydrogen-bond donors (Lipinski definition) is 1. The van der Waals surface area contributed by atoms with E-state index in [-0.39, 0.29) is 5.56 Å². The van der Waals surface area contributed by atoms with Gasteiger partial charge in [0, 0.05) is 17.0 Å². The highest BCUT2D eigenvalue weighted by Gasteiger charge is 2.09. The van der Waals surface area contributed by atoms with Crippen LogP contribution in [0.4, 0.5) is 0 Å². The second-order valence-electron chi connectivity index (χ2n) is 3.34. The van der Waals surface area contributed by atoms with Gasteiger partial charge in [-0.05, 0) is 12.1 Å². The van der Waals surface area contributed by atoms with E-state index in [4.69, 9.17) is 9.68 Å². The Hall–Kier alpha value is -2.61. The first-order valence-corrected chi connectivity index (χ1v) is 4.59. The molecule has 1 N–H and O–H groups in total. The molecule has 0 aliphatic rings. The van der Waals surface area contributed by atoms with Crippen LogP contribution in [0.25, 0.3) is 22.1 Å². The number of aromatic nitrogens is 2. The number of rotatable bonds is 0. The first-order valence-electron chi connectivity index (χ1n) is 4.59. The zero-order chi connectivity index (χ0) is 11.1. The zero-order valence-corrected chi connectivity index (χ0v) is 8.02. The summed E-state index contributed by atoms with van der Waals surface area (Å²) in [5.74, 6) is 0. The largest absolute Gasteiger partial charge is 0.438 e. The van der Waals surface area contributed by atoms with Crippen LogP contribution in [-0.4, -0.2) is 9.97 Å². The SMILES string of the molecule is N#Cc1cc2c([nH]c1=O)oc1cnccc12. The lowest BCUT2D eigenvalue weighted by Gasteiger charge is -1.89. The Bertz CT molecular complexity index is 792. The van der Waals surface area contributed by atoms with E-state index in [2.05, 4.69) is 9.97 Å². The van der Waals surface area contributed by atoms with Crippen LogP contribution in [0.5, 0.6) is 0 Å². The molecule has 3 rings (SSSR count). The van der Waals surface area contributed by atoms with Gasteiger partial charge in [-0.25, -0.2) is 0 Å². The number of nitriles is 1. The summed E-state index contributed by atoms with van der Waals surface area (Å²) in [4.78, 5) is 17.8. The molecule has 0 aliphatic carbocycles. The molecule has 0 atom stereocenters. The molecule has 0 radical (unpaired) electrons. The minimum atomic E-state index is -0.443. The van der Waals surface area contributed by atoms with E-state index in [1.165, 1.54) is 6.07 Å². The number of H-pyrrole nitrogens is 1. The average molecular weight is 211 g/mol. The third-order valence-corrected chi connectivity index (χ3v) is 2.41. The Kier molecular flexibility index (Phi) is 1.59. The normalized spacial score (nSPS) is 10.7. The Morgan fingerprint density at radius 2 is 2.31 bits per heavy atom. The lowest BCUT2D eigenvalue weighted by molar-refractivity contribution is 0.650. The molecule has 0 saturated carbocycles. The molecule has 76 valence electrons. The van der Waals surface area contributed by atoms with E-state index >= 15 is 0 Å². The molecule has 0 bridgehead atoms. The highest BCUT2D eigenvalue weighted by atomic mass is 16.3. The molecule has 3 aromatic rings. The summed E-state index contributed by atoms with van der Waals surface area (Å²) >= 11 is 0. The van der Waals surface area contributed by atoms with E-state index in [0.717, 1.165) is 5.39 Å². The lowest BCUT2D eigenvalue weighted by atomic mass is 10.2. The Labute approximate surface area is 88.9 Å². The molecule has 5 nitrogen and oxygen atoms in total. The van der Waals surface area contributed by atoms with Gasteiger partial charge in [-0.15, -0.1) is 0 Å². The van der Waals surface area contributed by atoms with Crippen molar-refractivity contribution in [3.8, 4) is 6.07 Å². The van der Waals surface area contributed by atoms with Crippen LogP contribution in [0.2, 0.25) is 0 Å². The Morgan fingerprint density at radius 3 is 3.12 bits per heavy atom. The molecule has 0 aliphatic heterocycles. The van der Waals surface area contributed by atoms with Crippen molar-refractivity contribution < 1.29 is 4.42 Å². The Morgan fingerprint density at radius 1 is 1.44 bits per heavy atom. The third kappa shape index (κ3) is 1.04. The van der Waals surface area contributed by atoms with Gasteiger partial charge in [0.15, 0.2) is 5.58 Å². The molecule has 5 heteroatoms. The standard InChI is InChI=1S/C11H5N3O2/c12-4-6-3-8-7-1-2-13-5-9(7)16-11(8)14-10(6)15/h1-3,5H,(H,14,15). The number of pyridine rings is 2. The summed E-state index contributed by atoms with van der Waals surface area (Å²) < 4.78 is 5.41. The fourth-order valence-electron chi connectivity index (χ4n) is 1.67. The van der Waals surface area contributed by atoms with Crippen molar-refractivity contribution in [2.45, 2.75) is 0 Å². The van der Waals surface area contributed by atoms with Crippen molar-refractivity contribution in [1.82, 2.24) is 9.97 Å². The van der Waals surface area contributed by atoms with E-state index in [1.807, 2.05) is 6.07 Å². The molecule has 16 heavy (non-hydrogen) atoms. The van der Waals surface area contributed by atoms with Crippen LogP contribution in [-0.2, 0) is 0 Å². The van der Waals surface area contributed by atoms with Crippen molar-refractivity contribution in [2.75, 3.05) is 0 Å². The smallest absolute Gasteiger partial charge is 0.268 e. The molecule has 3 aromatic heterocycles. The first-order chi connectivity index (χ1) is 7.79. The first kappa shape index (κ1) is 8.68. The van der Waals surface area contributed by atoms with Crippen LogP contribution < -0.4 is 5.56 Å². The maximum absolute atomic E-state index is 11.4. The second kappa shape index (κ2) is 2.94. The van der Waals surface area contributed by atoms with Gasteiger partial charge in [0.1, 0.15) is 11.6 Å². The summed E-state index contributed by atoms with van der Waals surface area (Å²) in [7, 11) is 0. The summed E-state index contributed by atoms with van der Waals surface area (Å²) in [6.45, 7) is 0. The van der Waals surface area contributed by atoms with Crippen molar-refractivity contribution in [3.05, 3.63) is 40.4 Å². The molecule has 3 heterocycles. The third-order valence-electron chi connectivity index (χ3n) is 2.41. The van der Waals surface area contributed by atoms with Gasteiger partial charge >= 0.3 is 0 Å². The molecule has 0 fully saturated rings. The molecule has 0 saturated heterocycles. The summed E-state index contributed by atoms with van der Waals surface area (Å²) in [5.41, 5.74) is 0.587. The maximum Gasteiger partial charge on any atom is 0.268 e. The van der Waals surface area contributed by atoms with Gasteiger partial charge in [0.05, 0.1) is 6.20 Å². The number of nitrogens with zero attached hydrogens (tertiary/aromatic N) is 2. The Balaban J connectivity index is 2.58. The zero-order valence-electron chi connectivity index (χ0n) is 8.02. The molecular formula is C11H5N3O2.